The Labute approximate surface area is 161 Å². The SMILES string of the molecule is O=C(Nc1cc(Cl)cc2c1OCC2)NC(CO)Cc1c[nH]c2ccccc12. The van der Waals surface area contributed by atoms with Gasteiger partial charge in [0.05, 0.1) is 24.9 Å². The van der Waals surface area contributed by atoms with Crippen molar-refractivity contribution >= 4 is 34.2 Å². The molecule has 1 aromatic heterocycles. The third kappa shape index (κ3) is 3.72. The summed E-state index contributed by atoms with van der Waals surface area (Å²) in [5.74, 6) is 0.659. The number of aliphatic hydroxyl groups is 1. The van der Waals surface area contributed by atoms with E-state index < -0.39 is 12.1 Å². The van der Waals surface area contributed by atoms with Crippen molar-refractivity contribution in [3.05, 3.63) is 58.7 Å². The molecule has 0 fully saturated rings. The predicted octanol–water partition coefficient (Wildman–Crippen LogP) is 3.48. The Morgan fingerprint density at radius 2 is 2.19 bits per heavy atom. The Morgan fingerprint density at radius 3 is 3.04 bits per heavy atom. The lowest BCUT2D eigenvalue weighted by Crippen LogP contribution is -2.41. The van der Waals surface area contributed by atoms with Gasteiger partial charge in [-0.1, -0.05) is 29.8 Å². The van der Waals surface area contributed by atoms with Gasteiger partial charge in [-0.2, -0.15) is 0 Å². The normalized spacial score (nSPS) is 13.9. The van der Waals surface area contributed by atoms with Crippen LogP contribution in [0.4, 0.5) is 10.5 Å². The molecule has 0 spiro atoms. The first-order valence-corrected chi connectivity index (χ1v) is 9.20. The van der Waals surface area contributed by atoms with Gasteiger partial charge in [-0.3, -0.25) is 0 Å². The molecule has 4 rings (SSSR count). The molecule has 4 N–H and O–H groups in total. The number of halogens is 1. The fourth-order valence-electron chi connectivity index (χ4n) is 3.43. The van der Waals surface area contributed by atoms with Crippen LogP contribution >= 0.6 is 11.6 Å². The molecule has 1 atom stereocenters. The van der Waals surface area contributed by atoms with E-state index >= 15 is 0 Å². The molecule has 27 heavy (non-hydrogen) atoms. The van der Waals surface area contributed by atoms with Gasteiger partial charge in [-0.15, -0.1) is 0 Å². The fourth-order valence-corrected chi connectivity index (χ4v) is 3.67. The van der Waals surface area contributed by atoms with Crippen LogP contribution in [0.25, 0.3) is 10.9 Å². The van der Waals surface area contributed by atoms with Crippen molar-refractivity contribution in [1.29, 1.82) is 0 Å². The van der Waals surface area contributed by atoms with Crippen LogP contribution in [0.1, 0.15) is 11.1 Å². The van der Waals surface area contributed by atoms with Gasteiger partial charge < -0.3 is 25.5 Å². The quantitative estimate of drug-likeness (QED) is 0.542. The Balaban J connectivity index is 1.45. The summed E-state index contributed by atoms with van der Waals surface area (Å²) < 4.78 is 5.60. The lowest BCUT2D eigenvalue weighted by atomic mass is 10.1. The number of aromatic nitrogens is 1. The largest absolute Gasteiger partial charge is 0.491 e. The smallest absolute Gasteiger partial charge is 0.319 e. The van der Waals surface area contributed by atoms with E-state index in [0.29, 0.717) is 29.5 Å². The van der Waals surface area contributed by atoms with E-state index in [4.69, 9.17) is 16.3 Å². The first-order valence-electron chi connectivity index (χ1n) is 8.82. The molecule has 0 saturated carbocycles. The van der Waals surface area contributed by atoms with Crippen molar-refractivity contribution in [3.63, 3.8) is 0 Å². The fraction of sp³-hybridized carbons (Fsp3) is 0.250. The lowest BCUT2D eigenvalue weighted by molar-refractivity contribution is 0.224. The van der Waals surface area contributed by atoms with Crippen LogP contribution in [0.3, 0.4) is 0 Å². The number of urea groups is 1. The Hall–Kier alpha value is -2.70. The standard InChI is InChI=1S/C20H20ClN3O3/c21-14-7-12-5-6-27-19(12)18(9-14)24-20(26)23-15(11-25)8-13-10-22-17-4-2-1-3-16(13)17/h1-4,7,9-10,15,22,25H,5-6,8,11H2,(H2,23,24,26). The predicted molar refractivity (Wildman–Crippen MR) is 106 cm³/mol. The number of aliphatic hydroxyl groups excluding tert-OH is 1. The number of nitrogens with one attached hydrogen (secondary N) is 3. The summed E-state index contributed by atoms with van der Waals surface area (Å²) in [6, 6.07) is 10.6. The second kappa shape index (κ2) is 7.50. The summed E-state index contributed by atoms with van der Waals surface area (Å²) in [4.78, 5) is 15.6. The molecule has 140 valence electrons. The Morgan fingerprint density at radius 1 is 1.33 bits per heavy atom. The molecule has 2 heterocycles. The zero-order chi connectivity index (χ0) is 18.8. The molecule has 0 saturated heterocycles. The first-order chi connectivity index (χ1) is 13.1. The van der Waals surface area contributed by atoms with Crippen molar-refractivity contribution < 1.29 is 14.6 Å². The second-order valence-electron chi connectivity index (χ2n) is 6.58. The summed E-state index contributed by atoms with van der Waals surface area (Å²) in [5, 5.41) is 16.9. The topological polar surface area (TPSA) is 86.4 Å². The second-order valence-corrected chi connectivity index (χ2v) is 7.02. The first kappa shape index (κ1) is 17.7. The van der Waals surface area contributed by atoms with Crippen LogP contribution in [-0.4, -0.2) is 35.4 Å². The monoisotopic (exact) mass is 385 g/mol. The molecule has 2 amide bonds. The van der Waals surface area contributed by atoms with E-state index in [1.54, 1.807) is 6.07 Å². The Kier molecular flexibility index (Phi) is 4.92. The highest BCUT2D eigenvalue weighted by molar-refractivity contribution is 6.31. The lowest BCUT2D eigenvalue weighted by Gasteiger charge is -2.17. The summed E-state index contributed by atoms with van der Waals surface area (Å²) >= 11 is 6.12. The van der Waals surface area contributed by atoms with Crippen molar-refractivity contribution in [1.82, 2.24) is 10.3 Å². The van der Waals surface area contributed by atoms with Crippen LogP contribution in [0.2, 0.25) is 5.02 Å². The van der Waals surface area contributed by atoms with Crippen LogP contribution in [-0.2, 0) is 12.8 Å². The van der Waals surface area contributed by atoms with Gasteiger partial charge in [0.25, 0.3) is 0 Å². The molecule has 1 unspecified atom stereocenters. The van der Waals surface area contributed by atoms with Gasteiger partial charge in [-0.25, -0.2) is 4.79 Å². The molecule has 6 nitrogen and oxygen atoms in total. The van der Waals surface area contributed by atoms with Crippen molar-refractivity contribution in [3.8, 4) is 5.75 Å². The molecular formula is C20H20ClN3O3. The van der Waals surface area contributed by atoms with E-state index in [9.17, 15) is 9.90 Å². The van der Waals surface area contributed by atoms with E-state index in [1.807, 2.05) is 36.5 Å². The van der Waals surface area contributed by atoms with E-state index in [0.717, 1.165) is 28.5 Å². The van der Waals surface area contributed by atoms with Crippen molar-refractivity contribution in [2.24, 2.45) is 0 Å². The minimum atomic E-state index is -0.419. The number of rotatable bonds is 5. The maximum absolute atomic E-state index is 12.4. The van der Waals surface area contributed by atoms with Crippen LogP contribution in [0.15, 0.2) is 42.6 Å². The van der Waals surface area contributed by atoms with Crippen LogP contribution in [0, 0.1) is 0 Å². The number of hydrogen-bond acceptors (Lipinski definition) is 3. The zero-order valence-corrected chi connectivity index (χ0v) is 15.3. The number of fused-ring (bicyclic) bond motifs is 2. The van der Waals surface area contributed by atoms with Gasteiger partial charge in [-0.05, 0) is 30.2 Å². The third-order valence-electron chi connectivity index (χ3n) is 4.69. The van der Waals surface area contributed by atoms with Gasteiger partial charge in [0.1, 0.15) is 5.75 Å². The van der Waals surface area contributed by atoms with Gasteiger partial charge in [0, 0.05) is 34.1 Å². The van der Waals surface area contributed by atoms with E-state index in [-0.39, 0.29) is 6.61 Å². The molecule has 0 bridgehead atoms. The molecule has 7 heteroatoms. The summed E-state index contributed by atoms with van der Waals surface area (Å²) in [6.07, 6.45) is 3.19. The van der Waals surface area contributed by atoms with Crippen molar-refractivity contribution in [2.75, 3.05) is 18.5 Å². The maximum Gasteiger partial charge on any atom is 0.319 e. The Bertz CT molecular complexity index is 986. The number of ether oxygens (including phenoxy) is 1. The highest BCUT2D eigenvalue weighted by Crippen LogP contribution is 2.36. The van der Waals surface area contributed by atoms with Crippen molar-refractivity contribution in [2.45, 2.75) is 18.9 Å². The molecule has 3 aromatic rings. The average molecular weight is 386 g/mol. The summed E-state index contributed by atoms with van der Waals surface area (Å²) in [6.45, 7) is 0.406. The average Bonchev–Trinajstić information content (AvgIpc) is 3.28. The number of anilines is 1. The summed E-state index contributed by atoms with van der Waals surface area (Å²) in [5.41, 5.74) is 3.59. The minimum absolute atomic E-state index is 0.170. The number of benzene rings is 2. The number of para-hydroxylation sites is 1. The van der Waals surface area contributed by atoms with Gasteiger partial charge in [0.2, 0.25) is 0 Å². The number of carbonyl (C=O) groups excluding carboxylic acids is 1. The van der Waals surface area contributed by atoms with Crippen LogP contribution in [0.5, 0.6) is 5.75 Å². The van der Waals surface area contributed by atoms with Crippen LogP contribution < -0.4 is 15.4 Å². The number of amides is 2. The minimum Gasteiger partial charge on any atom is -0.491 e. The number of aromatic amines is 1. The number of hydrogen-bond donors (Lipinski definition) is 4. The number of carbonyl (C=O) groups is 1. The molecular weight excluding hydrogens is 366 g/mol. The highest BCUT2D eigenvalue weighted by atomic mass is 35.5. The zero-order valence-electron chi connectivity index (χ0n) is 14.6. The highest BCUT2D eigenvalue weighted by Gasteiger charge is 2.20. The van der Waals surface area contributed by atoms with E-state index in [2.05, 4.69) is 15.6 Å². The van der Waals surface area contributed by atoms with Gasteiger partial charge in [0.15, 0.2) is 0 Å². The third-order valence-corrected chi connectivity index (χ3v) is 4.91. The van der Waals surface area contributed by atoms with E-state index in [1.165, 1.54) is 0 Å². The number of H-pyrrole nitrogens is 1. The molecule has 1 aliphatic rings. The maximum atomic E-state index is 12.4. The summed E-state index contributed by atoms with van der Waals surface area (Å²) in [7, 11) is 0. The molecule has 1 aliphatic heterocycles. The van der Waals surface area contributed by atoms with Gasteiger partial charge >= 0.3 is 6.03 Å². The molecule has 2 aromatic carbocycles. The molecule has 0 aliphatic carbocycles. The molecule has 0 radical (unpaired) electrons.